The summed E-state index contributed by atoms with van der Waals surface area (Å²) in [5.74, 6) is -5.05. The molecule has 9 heteroatoms. The Morgan fingerprint density at radius 3 is 2.00 bits per heavy atom. The lowest BCUT2D eigenvalue weighted by Gasteiger charge is -2.36. The number of alkyl halides is 3. The number of urea groups is 1. The second-order valence-corrected chi connectivity index (χ2v) is 8.20. The molecule has 1 saturated heterocycles. The second-order valence-electron chi connectivity index (χ2n) is 8.20. The van der Waals surface area contributed by atoms with Crippen LogP contribution in [0.3, 0.4) is 0 Å². The summed E-state index contributed by atoms with van der Waals surface area (Å²) in [6, 6.07) is -3.39. The van der Waals surface area contributed by atoms with Gasteiger partial charge in [0.1, 0.15) is 6.04 Å². The van der Waals surface area contributed by atoms with Gasteiger partial charge in [-0.05, 0) is 32.6 Å². The van der Waals surface area contributed by atoms with Crippen LogP contribution in [0.15, 0.2) is 0 Å². The van der Waals surface area contributed by atoms with Crippen molar-refractivity contribution in [3.05, 3.63) is 0 Å². The molecule has 29 heavy (non-hydrogen) atoms. The molecule has 3 aliphatic rings. The zero-order chi connectivity index (χ0) is 21.2. The first kappa shape index (κ1) is 21.9. The minimum absolute atomic E-state index is 0.226. The van der Waals surface area contributed by atoms with E-state index in [0.717, 1.165) is 48.3 Å². The van der Waals surface area contributed by atoms with Crippen LogP contribution in [0.2, 0.25) is 0 Å². The van der Waals surface area contributed by atoms with Crippen LogP contribution in [-0.4, -0.2) is 58.6 Å². The topological polar surface area (TPSA) is 66.9 Å². The monoisotopic (exact) mass is 418 g/mol. The van der Waals surface area contributed by atoms with E-state index in [1.807, 2.05) is 0 Å². The van der Waals surface area contributed by atoms with Gasteiger partial charge in [0, 0.05) is 12.1 Å². The van der Waals surface area contributed by atoms with E-state index in [1.54, 1.807) is 0 Å². The third kappa shape index (κ3) is 4.38. The number of rotatable bonds is 5. The first-order chi connectivity index (χ1) is 13.8. The molecule has 2 atom stereocenters. The van der Waals surface area contributed by atoms with E-state index in [4.69, 9.17) is 0 Å². The predicted octanol–water partition coefficient (Wildman–Crippen LogP) is 4.03. The highest BCUT2D eigenvalue weighted by Crippen LogP contribution is 2.41. The number of ether oxygens (including phenoxy) is 1. The highest BCUT2D eigenvalue weighted by atomic mass is 19.4. The van der Waals surface area contributed by atoms with Gasteiger partial charge in [-0.2, -0.15) is 13.2 Å². The van der Waals surface area contributed by atoms with E-state index in [2.05, 4.69) is 4.74 Å². The maximum Gasteiger partial charge on any atom is 0.404 e. The summed E-state index contributed by atoms with van der Waals surface area (Å²) in [5, 5.41) is 0. The first-order valence-electron chi connectivity index (χ1n) is 10.7. The van der Waals surface area contributed by atoms with Crippen molar-refractivity contribution in [2.75, 3.05) is 6.61 Å². The maximum absolute atomic E-state index is 13.9. The number of amides is 3. The summed E-state index contributed by atoms with van der Waals surface area (Å²) >= 11 is 0. The van der Waals surface area contributed by atoms with E-state index >= 15 is 0 Å². The standard InChI is InChI=1S/C20H29F3N2O4/c1-2-29-18(27)15(20(21,22)23)16-17(26)25(14-11-7-4-8-12-14)19(28)24(16)13-9-5-3-6-10-13/h13-16H,2-12H2,1H3. The molecule has 3 fully saturated rings. The van der Waals surface area contributed by atoms with Gasteiger partial charge in [-0.1, -0.05) is 38.5 Å². The van der Waals surface area contributed by atoms with Crippen LogP contribution >= 0.6 is 0 Å². The van der Waals surface area contributed by atoms with Crippen molar-refractivity contribution in [1.29, 1.82) is 0 Å². The Hall–Kier alpha value is -1.80. The molecule has 0 aromatic heterocycles. The molecule has 0 radical (unpaired) electrons. The largest absolute Gasteiger partial charge is 0.465 e. The zero-order valence-corrected chi connectivity index (χ0v) is 16.7. The SMILES string of the molecule is CCOC(=O)C(C1C(=O)N(C2CCCCC2)C(=O)N1C1CCCCC1)C(F)(F)F. The van der Waals surface area contributed by atoms with Crippen LogP contribution in [0.5, 0.6) is 0 Å². The summed E-state index contributed by atoms with van der Waals surface area (Å²) in [7, 11) is 0. The molecule has 3 amide bonds. The molecule has 0 bridgehead atoms. The van der Waals surface area contributed by atoms with Crippen molar-refractivity contribution in [2.24, 2.45) is 5.92 Å². The molecule has 2 saturated carbocycles. The highest BCUT2D eigenvalue weighted by Gasteiger charge is 2.62. The summed E-state index contributed by atoms with van der Waals surface area (Å²) in [6.45, 7) is 1.19. The average molecular weight is 418 g/mol. The van der Waals surface area contributed by atoms with Crippen LogP contribution < -0.4 is 0 Å². The molecule has 2 aliphatic carbocycles. The van der Waals surface area contributed by atoms with E-state index < -0.39 is 48.1 Å². The van der Waals surface area contributed by atoms with Gasteiger partial charge in [0.15, 0.2) is 5.92 Å². The van der Waals surface area contributed by atoms with E-state index in [9.17, 15) is 27.6 Å². The van der Waals surface area contributed by atoms with Crippen LogP contribution in [0.1, 0.15) is 71.1 Å². The fraction of sp³-hybridized carbons (Fsp3) is 0.850. The molecule has 2 unspecified atom stereocenters. The van der Waals surface area contributed by atoms with Gasteiger partial charge in [0.25, 0.3) is 5.91 Å². The van der Waals surface area contributed by atoms with Crippen molar-refractivity contribution < 1.29 is 32.3 Å². The number of esters is 1. The summed E-state index contributed by atoms with van der Waals surface area (Å²) < 4.78 is 46.5. The molecule has 1 aliphatic heterocycles. The predicted molar refractivity (Wildman–Crippen MR) is 97.8 cm³/mol. The fourth-order valence-electron chi connectivity index (χ4n) is 4.99. The highest BCUT2D eigenvalue weighted by molar-refractivity contribution is 6.06. The number of carbonyl (C=O) groups is 3. The Morgan fingerprint density at radius 2 is 1.52 bits per heavy atom. The average Bonchev–Trinajstić information content (AvgIpc) is 2.93. The van der Waals surface area contributed by atoms with Gasteiger partial charge in [-0.3, -0.25) is 14.5 Å². The molecular weight excluding hydrogens is 389 g/mol. The molecule has 164 valence electrons. The molecule has 6 nitrogen and oxygen atoms in total. The number of hydrogen-bond donors (Lipinski definition) is 0. The maximum atomic E-state index is 13.9. The Morgan fingerprint density at radius 1 is 1.00 bits per heavy atom. The lowest BCUT2D eigenvalue weighted by molar-refractivity contribution is -0.208. The second kappa shape index (κ2) is 8.92. The quantitative estimate of drug-likeness (QED) is 0.500. The Kier molecular flexibility index (Phi) is 6.73. The Bertz CT molecular complexity index is 628. The molecule has 0 aromatic carbocycles. The smallest absolute Gasteiger partial charge is 0.404 e. The number of hydrogen-bond acceptors (Lipinski definition) is 4. The lowest BCUT2D eigenvalue weighted by atomic mass is 9.90. The zero-order valence-electron chi connectivity index (χ0n) is 16.7. The van der Waals surface area contributed by atoms with Gasteiger partial charge in [0.2, 0.25) is 0 Å². The van der Waals surface area contributed by atoms with E-state index in [-0.39, 0.29) is 6.61 Å². The normalized spacial score (nSPS) is 26.1. The van der Waals surface area contributed by atoms with Crippen LogP contribution in [0, 0.1) is 5.92 Å². The summed E-state index contributed by atoms with van der Waals surface area (Å²) in [6.07, 6.45) is 2.46. The molecule has 3 rings (SSSR count). The summed E-state index contributed by atoms with van der Waals surface area (Å²) in [5.41, 5.74) is 0. The Labute approximate surface area is 168 Å². The van der Waals surface area contributed by atoms with Crippen molar-refractivity contribution in [3.8, 4) is 0 Å². The number of nitrogens with zero attached hydrogens (tertiary/aromatic N) is 2. The molecule has 0 N–H and O–H groups in total. The number of imide groups is 1. The minimum Gasteiger partial charge on any atom is -0.465 e. The molecule has 0 spiro atoms. The third-order valence-electron chi connectivity index (χ3n) is 6.33. The van der Waals surface area contributed by atoms with Gasteiger partial charge in [-0.15, -0.1) is 0 Å². The summed E-state index contributed by atoms with van der Waals surface area (Å²) in [4.78, 5) is 40.9. The molecular formula is C20H29F3N2O4. The first-order valence-corrected chi connectivity index (χ1v) is 10.7. The van der Waals surface area contributed by atoms with Crippen molar-refractivity contribution in [1.82, 2.24) is 9.80 Å². The number of halogens is 3. The number of carbonyl (C=O) groups excluding carboxylic acids is 3. The van der Waals surface area contributed by atoms with Crippen molar-refractivity contribution in [3.63, 3.8) is 0 Å². The van der Waals surface area contributed by atoms with Crippen molar-refractivity contribution in [2.45, 2.75) is 95.4 Å². The van der Waals surface area contributed by atoms with Gasteiger partial charge >= 0.3 is 18.2 Å². The lowest BCUT2D eigenvalue weighted by Crippen LogP contribution is -2.54. The fourth-order valence-corrected chi connectivity index (χ4v) is 4.99. The Balaban J connectivity index is 1.99. The van der Waals surface area contributed by atoms with Crippen LogP contribution in [-0.2, 0) is 14.3 Å². The third-order valence-corrected chi connectivity index (χ3v) is 6.33. The van der Waals surface area contributed by atoms with E-state index in [0.29, 0.717) is 25.7 Å². The molecule has 1 heterocycles. The van der Waals surface area contributed by atoms with Crippen LogP contribution in [0.4, 0.5) is 18.0 Å². The van der Waals surface area contributed by atoms with Gasteiger partial charge in [-0.25, -0.2) is 4.79 Å². The van der Waals surface area contributed by atoms with Gasteiger partial charge in [0.05, 0.1) is 6.61 Å². The molecule has 0 aromatic rings. The van der Waals surface area contributed by atoms with Crippen LogP contribution in [0.25, 0.3) is 0 Å². The van der Waals surface area contributed by atoms with Crippen molar-refractivity contribution >= 4 is 17.9 Å². The van der Waals surface area contributed by atoms with Gasteiger partial charge < -0.3 is 9.64 Å². The minimum atomic E-state index is -4.98. The van der Waals surface area contributed by atoms with E-state index in [1.165, 1.54) is 6.92 Å².